The smallest absolute Gasteiger partial charge is 0.229 e. The number of benzene rings is 2. The van der Waals surface area contributed by atoms with Gasteiger partial charge in [-0.3, -0.25) is 9.48 Å². The molecule has 144 valence electrons. The topological polar surface area (TPSA) is 46.9 Å². The number of aromatic nitrogens is 2. The van der Waals surface area contributed by atoms with Crippen LogP contribution in [-0.2, 0) is 11.3 Å². The fraction of sp³-hybridized carbons (Fsp3) is 0.200. The summed E-state index contributed by atoms with van der Waals surface area (Å²) in [4.78, 5) is 12.5. The first kappa shape index (κ1) is 19.2. The van der Waals surface area contributed by atoms with Gasteiger partial charge in [0.15, 0.2) is 5.82 Å². The minimum absolute atomic E-state index is 0.109. The molecule has 2 aromatic carbocycles. The quantitative estimate of drug-likeness (QED) is 0.549. The minimum Gasteiger partial charge on any atom is -0.308 e. The Balaban J connectivity index is 1.43. The number of hydrogen-bond donors (Lipinski definition) is 1. The van der Waals surface area contributed by atoms with Gasteiger partial charge in [0, 0.05) is 27.7 Å². The van der Waals surface area contributed by atoms with Gasteiger partial charge >= 0.3 is 0 Å². The van der Waals surface area contributed by atoms with E-state index in [2.05, 4.69) is 10.4 Å². The molecule has 4 rings (SSSR count). The van der Waals surface area contributed by atoms with Gasteiger partial charge in [-0.15, -0.1) is 0 Å². The zero-order valence-corrected chi connectivity index (χ0v) is 16.8. The average Bonchev–Trinajstić information content (AvgIpc) is 3.38. The number of carbonyl (C=O) groups is 1. The summed E-state index contributed by atoms with van der Waals surface area (Å²) in [6, 6.07) is 12.0. The Bertz CT molecular complexity index is 1020. The lowest BCUT2D eigenvalue weighted by Crippen LogP contribution is -2.15. The highest BCUT2D eigenvalue weighted by Gasteiger charge is 2.44. The van der Waals surface area contributed by atoms with Crippen molar-refractivity contribution >= 4 is 46.5 Å². The summed E-state index contributed by atoms with van der Waals surface area (Å²) in [6.45, 7) is 0.109. The summed E-state index contributed by atoms with van der Waals surface area (Å²) in [7, 11) is 0. The predicted molar refractivity (Wildman–Crippen MR) is 109 cm³/mol. The van der Waals surface area contributed by atoms with Crippen LogP contribution in [0.25, 0.3) is 0 Å². The van der Waals surface area contributed by atoms with E-state index in [9.17, 15) is 9.18 Å². The molecular weight excluding hydrogens is 424 g/mol. The minimum atomic E-state index is -0.423. The van der Waals surface area contributed by atoms with Gasteiger partial charge in [-0.05, 0) is 42.2 Å². The monoisotopic (exact) mass is 437 g/mol. The van der Waals surface area contributed by atoms with E-state index in [1.54, 1.807) is 6.07 Å². The zero-order chi connectivity index (χ0) is 19.8. The van der Waals surface area contributed by atoms with E-state index in [1.807, 2.05) is 24.3 Å². The van der Waals surface area contributed by atoms with Gasteiger partial charge in [-0.25, -0.2) is 4.39 Å². The molecule has 0 bridgehead atoms. The number of anilines is 1. The van der Waals surface area contributed by atoms with E-state index in [1.165, 1.54) is 23.0 Å². The Morgan fingerprint density at radius 1 is 1.14 bits per heavy atom. The molecule has 1 saturated carbocycles. The van der Waals surface area contributed by atoms with Gasteiger partial charge in [0.2, 0.25) is 5.91 Å². The first-order valence-electron chi connectivity index (χ1n) is 8.64. The molecule has 1 aliphatic carbocycles. The van der Waals surface area contributed by atoms with Crippen molar-refractivity contribution in [2.75, 3.05) is 5.32 Å². The van der Waals surface area contributed by atoms with Crippen LogP contribution in [0.4, 0.5) is 10.2 Å². The molecule has 2 atom stereocenters. The molecule has 1 fully saturated rings. The lowest BCUT2D eigenvalue weighted by atomic mass is 10.1. The number of nitrogens with zero attached hydrogens (tertiary/aromatic N) is 2. The highest BCUT2D eigenvalue weighted by molar-refractivity contribution is 6.33. The fourth-order valence-corrected chi connectivity index (χ4v) is 3.73. The molecule has 4 nitrogen and oxygen atoms in total. The highest BCUT2D eigenvalue weighted by Crippen LogP contribution is 2.48. The van der Waals surface area contributed by atoms with Crippen molar-refractivity contribution in [3.05, 3.63) is 80.7 Å². The molecule has 8 heteroatoms. The Morgan fingerprint density at radius 3 is 2.61 bits per heavy atom. The third-order valence-electron chi connectivity index (χ3n) is 4.77. The molecule has 1 heterocycles. The largest absolute Gasteiger partial charge is 0.308 e. The summed E-state index contributed by atoms with van der Waals surface area (Å²) in [5.74, 6) is -0.288. The SMILES string of the molecule is O=C(Nc1nn(Cc2c(F)cccc2Cl)cc1Cl)C1CC1c1ccc(Cl)cc1. The van der Waals surface area contributed by atoms with Gasteiger partial charge in [-0.1, -0.05) is 53.0 Å². The number of carbonyl (C=O) groups excluding carboxylic acids is 1. The fourth-order valence-electron chi connectivity index (χ4n) is 3.18. The van der Waals surface area contributed by atoms with E-state index in [4.69, 9.17) is 34.8 Å². The van der Waals surface area contributed by atoms with Crippen molar-refractivity contribution < 1.29 is 9.18 Å². The zero-order valence-electron chi connectivity index (χ0n) is 14.5. The number of hydrogen-bond acceptors (Lipinski definition) is 2. The van der Waals surface area contributed by atoms with Gasteiger partial charge < -0.3 is 5.32 Å². The number of amides is 1. The summed E-state index contributed by atoms with van der Waals surface area (Å²) >= 11 is 18.1. The van der Waals surface area contributed by atoms with Gasteiger partial charge in [-0.2, -0.15) is 5.10 Å². The maximum atomic E-state index is 14.0. The Labute approximate surface area is 176 Å². The van der Waals surface area contributed by atoms with Crippen LogP contribution in [0.1, 0.15) is 23.5 Å². The van der Waals surface area contributed by atoms with Crippen LogP contribution in [0.15, 0.2) is 48.7 Å². The number of nitrogens with one attached hydrogen (secondary N) is 1. The summed E-state index contributed by atoms with van der Waals surface area (Å²) in [5.41, 5.74) is 1.39. The van der Waals surface area contributed by atoms with Crippen LogP contribution in [0.2, 0.25) is 15.1 Å². The van der Waals surface area contributed by atoms with Crippen LogP contribution in [0.5, 0.6) is 0 Å². The van der Waals surface area contributed by atoms with Crippen LogP contribution < -0.4 is 5.32 Å². The molecule has 1 aromatic heterocycles. The highest BCUT2D eigenvalue weighted by atomic mass is 35.5. The van der Waals surface area contributed by atoms with Crippen molar-refractivity contribution in [2.45, 2.75) is 18.9 Å². The van der Waals surface area contributed by atoms with Gasteiger partial charge in [0.05, 0.1) is 6.54 Å². The Morgan fingerprint density at radius 2 is 1.89 bits per heavy atom. The maximum absolute atomic E-state index is 14.0. The molecule has 28 heavy (non-hydrogen) atoms. The third-order valence-corrected chi connectivity index (χ3v) is 5.65. The van der Waals surface area contributed by atoms with Crippen LogP contribution >= 0.6 is 34.8 Å². The van der Waals surface area contributed by atoms with Crippen LogP contribution in [0, 0.1) is 11.7 Å². The van der Waals surface area contributed by atoms with E-state index >= 15 is 0 Å². The molecule has 1 amide bonds. The molecule has 0 radical (unpaired) electrons. The normalized spacial score (nSPS) is 18.1. The summed E-state index contributed by atoms with van der Waals surface area (Å²) in [5, 5.41) is 8.27. The first-order valence-corrected chi connectivity index (χ1v) is 9.78. The molecule has 2 unspecified atom stereocenters. The third kappa shape index (κ3) is 4.02. The summed E-state index contributed by atoms with van der Waals surface area (Å²) < 4.78 is 15.4. The molecule has 1 aliphatic rings. The lowest BCUT2D eigenvalue weighted by Gasteiger charge is -2.06. The molecule has 0 saturated heterocycles. The van der Waals surface area contributed by atoms with E-state index in [-0.39, 0.29) is 35.1 Å². The second kappa shape index (κ2) is 7.74. The van der Waals surface area contributed by atoms with E-state index in [0.717, 1.165) is 12.0 Å². The molecule has 0 spiro atoms. The van der Waals surface area contributed by atoms with Crippen LogP contribution in [-0.4, -0.2) is 15.7 Å². The molecule has 3 aromatic rings. The number of rotatable bonds is 5. The van der Waals surface area contributed by atoms with E-state index < -0.39 is 5.82 Å². The van der Waals surface area contributed by atoms with Crippen molar-refractivity contribution in [1.82, 2.24) is 9.78 Å². The van der Waals surface area contributed by atoms with Crippen LogP contribution in [0.3, 0.4) is 0 Å². The van der Waals surface area contributed by atoms with Gasteiger partial charge in [0.1, 0.15) is 10.8 Å². The molecular formula is C20H15Cl3FN3O. The Kier molecular flexibility index (Phi) is 5.32. The van der Waals surface area contributed by atoms with Gasteiger partial charge in [0.25, 0.3) is 0 Å². The second-order valence-electron chi connectivity index (χ2n) is 6.71. The lowest BCUT2D eigenvalue weighted by molar-refractivity contribution is -0.117. The van der Waals surface area contributed by atoms with Crippen molar-refractivity contribution in [2.24, 2.45) is 5.92 Å². The predicted octanol–water partition coefficient (Wildman–Crippen LogP) is 5.77. The first-order chi connectivity index (χ1) is 13.4. The van der Waals surface area contributed by atoms with Crippen molar-refractivity contribution in [1.29, 1.82) is 0 Å². The Hall–Kier alpha value is -2.08. The molecule has 0 aliphatic heterocycles. The summed E-state index contributed by atoms with van der Waals surface area (Å²) in [6.07, 6.45) is 2.29. The van der Waals surface area contributed by atoms with Crippen molar-refractivity contribution in [3.8, 4) is 0 Å². The second-order valence-corrected chi connectivity index (χ2v) is 7.96. The molecule has 1 N–H and O–H groups in total. The number of halogens is 4. The van der Waals surface area contributed by atoms with E-state index in [0.29, 0.717) is 15.6 Å². The van der Waals surface area contributed by atoms with Crippen molar-refractivity contribution in [3.63, 3.8) is 0 Å². The average molecular weight is 439 g/mol. The maximum Gasteiger partial charge on any atom is 0.229 e. The standard InChI is InChI=1S/C20H15Cl3FN3O/c21-12-6-4-11(5-7-12)13-8-14(13)20(28)25-19-17(23)10-27(26-19)9-15-16(22)2-1-3-18(15)24/h1-7,10,13-14H,8-9H2,(H,25,26,28).